The summed E-state index contributed by atoms with van der Waals surface area (Å²) in [7, 11) is 1.72. The van der Waals surface area contributed by atoms with Crippen LogP contribution in [0.25, 0.3) is 0 Å². The van der Waals surface area contributed by atoms with Crippen LogP contribution in [0.5, 0.6) is 5.75 Å². The normalized spacial score (nSPS) is 12.8. The van der Waals surface area contributed by atoms with Crippen LogP contribution in [0.15, 0.2) is 24.3 Å². The van der Waals surface area contributed by atoms with E-state index in [4.69, 9.17) is 4.74 Å². The molecule has 0 aromatic heterocycles. The van der Waals surface area contributed by atoms with E-state index >= 15 is 0 Å². The molecule has 0 bridgehead atoms. The summed E-state index contributed by atoms with van der Waals surface area (Å²) in [6, 6.07) is 8.70. The molecule has 0 aliphatic carbocycles. The van der Waals surface area contributed by atoms with Gasteiger partial charge in [0.05, 0.1) is 7.11 Å². The molecule has 0 saturated heterocycles. The number of hydrogen-bond donors (Lipinski definition) is 1. The van der Waals surface area contributed by atoms with Gasteiger partial charge in [-0.1, -0.05) is 32.0 Å². The van der Waals surface area contributed by atoms with Crippen LogP contribution < -0.4 is 10.1 Å². The van der Waals surface area contributed by atoms with Crippen LogP contribution >= 0.6 is 0 Å². The SMILES string of the molecule is COc1ccccc1CN[C@@H](C)CC(C)C. The molecule has 0 saturated carbocycles. The summed E-state index contributed by atoms with van der Waals surface area (Å²) in [5.41, 5.74) is 1.22. The molecule has 2 heteroatoms. The Hall–Kier alpha value is -1.02. The molecule has 1 aromatic rings. The van der Waals surface area contributed by atoms with Gasteiger partial charge in [-0.15, -0.1) is 0 Å². The predicted octanol–water partition coefficient (Wildman–Crippen LogP) is 3.22. The van der Waals surface area contributed by atoms with Gasteiger partial charge in [0.15, 0.2) is 0 Å². The Morgan fingerprint density at radius 3 is 2.50 bits per heavy atom. The second-order valence-electron chi connectivity index (χ2n) is 4.72. The van der Waals surface area contributed by atoms with Gasteiger partial charge in [0, 0.05) is 18.2 Å². The maximum absolute atomic E-state index is 5.32. The van der Waals surface area contributed by atoms with Crippen molar-refractivity contribution >= 4 is 0 Å². The summed E-state index contributed by atoms with van der Waals surface area (Å²) in [4.78, 5) is 0. The number of nitrogens with one attached hydrogen (secondary N) is 1. The Kier molecular flexibility index (Phi) is 5.33. The van der Waals surface area contributed by atoms with Crippen molar-refractivity contribution in [3.63, 3.8) is 0 Å². The number of benzene rings is 1. The van der Waals surface area contributed by atoms with Gasteiger partial charge in [-0.3, -0.25) is 0 Å². The lowest BCUT2D eigenvalue weighted by atomic mass is 10.0. The van der Waals surface area contributed by atoms with E-state index in [2.05, 4.69) is 32.2 Å². The third-order valence-corrected chi connectivity index (χ3v) is 2.66. The Balaban J connectivity index is 2.47. The molecule has 0 fully saturated rings. The number of hydrogen-bond acceptors (Lipinski definition) is 2. The lowest BCUT2D eigenvalue weighted by Gasteiger charge is -2.17. The largest absolute Gasteiger partial charge is 0.496 e. The summed E-state index contributed by atoms with van der Waals surface area (Å²) in [5, 5.41) is 3.52. The van der Waals surface area contributed by atoms with Crippen molar-refractivity contribution in [3.8, 4) is 5.75 Å². The first-order valence-corrected chi connectivity index (χ1v) is 5.98. The topological polar surface area (TPSA) is 21.3 Å². The van der Waals surface area contributed by atoms with E-state index < -0.39 is 0 Å². The van der Waals surface area contributed by atoms with Crippen LogP contribution in [0.3, 0.4) is 0 Å². The molecule has 1 aromatic carbocycles. The molecule has 0 radical (unpaired) electrons. The van der Waals surface area contributed by atoms with Crippen molar-refractivity contribution in [3.05, 3.63) is 29.8 Å². The van der Waals surface area contributed by atoms with E-state index in [-0.39, 0.29) is 0 Å². The van der Waals surface area contributed by atoms with Crippen molar-refractivity contribution in [1.82, 2.24) is 5.32 Å². The molecule has 0 amide bonds. The highest BCUT2D eigenvalue weighted by atomic mass is 16.5. The molecule has 0 aliphatic rings. The number of rotatable bonds is 6. The third kappa shape index (κ3) is 4.23. The minimum Gasteiger partial charge on any atom is -0.496 e. The van der Waals surface area contributed by atoms with Crippen LogP contribution in [-0.4, -0.2) is 13.2 Å². The lowest BCUT2D eigenvalue weighted by Crippen LogP contribution is -2.27. The monoisotopic (exact) mass is 221 g/mol. The molecular formula is C14H23NO. The first kappa shape index (κ1) is 13.0. The summed E-state index contributed by atoms with van der Waals surface area (Å²) in [5.74, 6) is 1.70. The molecule has 2 nitrogen and oxygen atoms in total. The molecule has 90 valence electrons. The second-order valence-corrected chi connectivity index (χ2v) is 4.72. The number of methoxy groups -OCH3 is 1. The quantitative estimate of drug-likeness (QED) is 0.796. The fourth-order valence-electron chi connectivity index (χ4n) is 1.92. The van der Waals surface area contributed by atoms with Crippen molar-refractivity contribution < 1.29 is 4.74 Å². The Bertz CT molecular complexity index is 309. The van der Waals surface area contributed by atoms with E-state index in [1.165, 1.54) is 12.0 Å². The maximum Gasteiger partial charge on any atom is 0.123 e. The molecular weight excluding hydrogens is 198 g/mol. The summed E-state index contributed by atoms with van der Waals surface area (Å²) < 4.78 is 5.32. The molecule has 0 heterocycles. The van der Waals surface area contributed by atoms with Crippen LogP contribution in [0.1, 0.15) is 32.8 Å². The number of para-hydroxylation sites is 1. The standard InChI is InChI=1S/C14H23NO/c1-11(2)9-12(3)15-10-13-7-5-6-8-14(13)16-4/h5-8,11-12,15H,9-10H2,1-4H3/t12-/m0/s1. The third-order valence-electron chi connectivity index (χ3n) is 2.66. The maximum atomic E-state index is 5.32. The molecule has 1 rings (SSSR count). The van der Waals surface area contributed by atoms with Gasteiger partial charge in [-0.05, 0) is 25.3 Å². The van der Waals surface area contributed by atoms with Crippen LogP contribution in [0, 0.1) is 5.92 Å². The first-order chi connectivity index (χ1) is 7.63. The molecule has 0 aliphatic heterocycles. The minimum atomic E-state index is 0.546. The fourth-order valence-corrected chi connectivity index (χ4v) is 1.92. The lowest BCUT2D eigenvalue weighted by molar-refractivity contribution is 0.400. The molecule has 16 heavy (non-hydrogen) atoms. The molecule has 1 atom stereocenters. The van der Waals surface area contributed by atoms with Crippen LogP contribution in [-0.2, 0) is 6.54 Å². The van der Waals surface area contributed by atoms with Crippen LogP contribution in [0.2, 0.25) is 0 Å². The zero-order valence-electron chi connectivity index (χ0n) is 10.8. The van der Waals surface area contributed by atoms with E-state index in [0.29, 0.717) is 6.04 Å². The van der Waals surface area contributed by atoms with Crippen molar-refractivity contribution in [2.24, 2.45) is 5.92 Å². The van der Waals surface area contributed by atoms with Gasteiger partial charge in [-0.25, -0.2) is 0 Å². The molecule has 0 spiro atoms. The molecule has 0 unspecified atom stereocenters. The number of ether oxygens (including phenoxy) is 1. The summed E-state index contributed by atoms with van der Waals surface area (Å²) in [6.45, 7) is 7.61. The Labute approximate surface area is 99.0 Å². The van der Waals surface area contributed by atoms with Crippen molar-refractivity contribution in [2.45, 2.75) is 39.8 Å². The van der Waals surface area contributed by atoms with Gasteiger partial charge in [0.2, 0.25) is 0 Å². The highest BCUT2D eigenvalue weighted by Gasteiger charge is 2.06. The van der Waals surface area contributed by atoms with Gasteiger partial charge in [0.1, 0.15) is 5.75 Å². The average molecular weight is 221 g/mol. The summed E-state index contributed by atoms with van der Waals surface area (Å²) >= 11 is 0. The second kappa shape index (κ2) is 6.54. The molecule has 1 N–H and O–H groups in total. The van der Waals surface area contributed by atoms with Gasteiger partial charge in [0.25, 0.3) is 0 Å². The van der Waals surface area contributed by atoms with E-state index in [0.717, 1.165) is 18.2 Å². The Morgan fingerprint density at radius 1 is 1.19 bits per heavy atom. The van der Waals surface area contributed by atoms with E-state index in [9.17, 15) is 0 Å². The highest BCUT2D eigenvalue weighted by Crippen LogP contribution is 2.17. The van der Waals surface area contributed by atoms with Crippen LogP contribution in [0.4, 0.5) is 0 Å². The zero-order valence-corrected chi connectivity index (χ0v) is 10.8. The highest BCUT2D eigenvalue weighted by molar-refractivity contribution is 5.32. The average Bonchev–Trinajstić information content (AvgIpc) is 2.26. The minimum absolute atomic E-state index is 0.546. The van der Waals surface area contributed by atoms with Crippen molar-refractivity contribution in [1.29, 1.82) is 0 Å². The smallest absolute Gasteiger partial charge is 0.123 e. The van der Waals surface area contributed by atoms with Gasteiger partial charge in [-0.2, -0.15) is 0 Å². The fraction of sp³-hybridized carbons (Fsp3) is 0.571. The van der Waals surface area contributed by atoms with E-state index in [1.807, 2.05) is 18.2 Å². The van der Waals surface area contributed by atoms with Crippen molar-refractivity contribution in [2.75, 3.05) is 7.11 Å². The van der Waals surface area contributed by atoms with Gasteiger partial charge >= 0.3 is 0 Å². The van der Waals surface area contributed by atoms with Gasteiger partial charge < -0.3 is 10.1 Å². The zero-order chi connectivity index (χ0) is 12.0. The predicted molar refractivity (Wildman–Crippen MR) is 68.8 cm³/mol. The Morgan fingerprint density at radius 2 is 1.88 bits per heavy atom. The first-order valence-electron chi connectivity index (χ1n) is 5.98. The van der Waals surface area contributed by atoms with E-state index in [1.54, 1.807) is 7.11 Å². The summed E-state index contributed by atoms with van der Waals surface area (Å²) in [6.07, 6.45) is 1.20.